The van der Waals surface area contributed by atoms with E-state index in [1.165, 1.54) is 0 Å². The van der Waals surface area contributed by atoms with Crippen molar-refractivity contribution in [3.8, 4) is 11.5 Å². The molecule has 208 valence electrons. The van der Waals surface area contributed by atoms with Crippen LogP contribution in [0.25, 0.3) is 0 Å². The summed E-state index contributed by atoms with van der Waals surface area (Å²) in [7, 11) is 6.87. The van der Waals surface area contributed by atoms with Gasteiger partial charge in [-0.25, -0.2) is 0 Å². The molecule has 2 atom stereocenters. The number of carbonyl (C=O) groups is 2. The largest absolute Gasteiger partial charge is 0.497 e. The highest BCUT2D eigenvalue weighted by atomic mass is 16.5. The van der Waals surface area contributed by atoms with Gasteiger partial charge in [0.05, 0.1) is 25.3 Å². The van der Waals surface area contributed by atoms with Gasteiger partial charge in [-0.1, -0.05) is 36.4 Å². The number of benzene rings is 4. The van der Waals surface area contributed by atoms with Crippen molar-refractivity contribution in [1.82, 2.24) is 9.80 Å². The molecule has 0 spiro atoms. The van der Waals surface area contributed by atoms with Crippen LogP contribution in [0.4, 0.5) is 11.4 Å². The normalized spacial score (nSPS) is 17.8. The maximum atomic E-state index is 13.4. The first-order chi connectivity index (χ1) is 19.9. The monoisotopic (exact) mass is 548 g/mol. The van der Waals surface area contributed by atoms with Crippen molar-refractivity contribution in [1.29, 1.82) is 0 Å². The van der Waals surface area contributed by atoms with E-state index < -0.39 is 0 Å². The minimum absolute atomic E-state index is 0.0440. The predicted octanol–water partition coefficient (Wildman–Crippen LogP) is 5.69. The van der Waals surface area contributed by atoms with Gasteiger partial charge in [0, 0.05) is 25.5 Å². The van der Waals surface area contributed by atoms with Crippen molar-refractivity contribution in [2.24, 2.45) is 0 Å². The molecule has 2 aliphatic rings. The molecule has 2 amide bonds. The molecule has 2 aliphatic heterocycles. The van der Waals surface area contributed by atoms with E-state index in [0.29, 0.717) is 17.5 Å². The number of anilines is 2. The Kier molecular flexibility index (Phi) is 6.75. The van der Waals surface area contributed by atoms with Crippen LogP contribution in [0.5, 0.6) is 11.5 Å². The Labute approximate surface area is 239 Å². The summed E-state index contributed by atoms with van der Waals surface area (Å²) in [6.45, 7) is 0. The summed E-state index contributed by atoms with van der Waals surface area (Å²) < 4.78 is 10.5. The summed E-state index contributed by atoms with van der Waals surface area (Å²) in [5.74, 6) is 1.45. The highest BCUT2D eigenvalue weighted by molar-refractivity contribution is 6.02. The van der Waals surface area contributed by atoms with E-state index >= 15 is 0 Å². The average molecular weight is 549 g/mol. The molecule has 41 heavy (non-hydrogen) atoms. The minimum atomic E-state index is -0.273. The number of ether oxygens (including phenoxy) is 2. The van der Waals surface area contributed by atoms with Crippen LogP contribution < -0.4 is 20.1 Å². The van der Waals surface area contributed by atoms with Crippen LogP contribution in [-0.4, -0.2) is 49.9 Å². The van der Waals surface area contributed by atoms with Crippen LogP contribution in [-0.2, 0) is 6.42 Å². The number of rotatable bonds is 6. The van der Waals surface area contributed by atoms with Gasteiger partial charge >= 0.3 is 0 Å². The first-order valence-corrected chi connectivity index (χ1v) is 13.5. The zero-order chi connectivity index (χ0) is 28.7. The zero-order valence-electron chi connectivity index (χ0n) is 23.5. The maximum absolute atomic E-state index is 13.4. The molecule has 0 aliphatic carbocycles. The van der Waals surface area contributed by atoms with Crippen molar-refractivity contribution < 1.29 is 19.1 Å². The Hall–Kier alpha value is -4.98. The van der Waals surface area contributed by atoms with E-state index in [4.69, 9.17) is 9.47 Å². The van der Waals surface area contributed by atoms with Crippen LogP contribution in [0, 0.1) is 0 Å². The van der Waals surface area contributed by atoms with Crippen molar-refractivity contribution >= 4 is 23.2 Å². The van der Waals surface area contributed by atoms with Gasteiger partial charge in [0.2, 0.25) is 0 Å². The third-order valence-electron chi connectivity index (χ3n) is 7.90. The lowest BCUT2D eigenvalue weighted by molar-refractivity contribution is 0.0728. The smallest absolute Gasteiger partial charge is 0.257 e. The van der Waals surface area contributed by atoms with E-state index in [1.807, 2.05) is 84.9 Å². The van der Waals surface area contributed by atoms with Crippen molar-refractivity contribution in [3.63, 3.8) is 0 Å². The fourth-order valence-corrected chi connectivity index (χ4v) is 5.53. The van der Waals surface area contributed by atoms with Crippen LogP contribution >= 0.6 is 0 Å². The number of hydrogen-bond acceptors (Lipinski definition) is 6. The Morgan fingerprint density at radius 1 is 0.610 bits per heavy atom. The van der Waals surface area contributed by atoms with E-state index in [-0.39, 0.29) is 24.1 Å². The first kappa shape index (κ1) is 26.3. The van der Waals surface area contributed by atoms with Gasteiger partial charge in [-0.3, -0.25) is 9.59 Å². The average Bonchev–Trinajstić information content (AvgIpc) is 3.01. The van der Waals surface area contributed by atoms with Gasteiger partial charge in [0.1, 0.15) is 23.8 Å². The van der Waals surface area contributed by atoms with Gasteiger partial charge in [-0.05, 0) is 77.2 Å². The third kappa shape index (κ3) is 4.82. The fraction of sp³-hybridized carbons (Fsp3) is 0.212. The first-order valence-electron chi connectivity index (χ1n) is 13.5. The Morgan fingerprint density at radius 3 is 1.37 bits per heavy atom. The topological polar surface area (TPSA) is 83.1 Å². The van der Waals surface area contributed by atoms with Gasteiger partial charge in [0.15, 0.2) is 0 Å². The molecule has 0 saturated heterocycles. The van der Waals surface area contributed by atoms with Gasteiger partial charge in [-0.15, -0.1) is 0 Å². The standard InChI is InChI=1S/C33H32N4O4/c1-36-30(22-7-11-24(40-3)12-8-22)34-28-15-5-20(18-26(28)32(36)38)17-21-6-16-29-27(19-21)33(39)37(2)31(35-29)23-9-13-25(41-4)14-10-23/h5-16,18-19,30-31,34-35H,17H2,1-4H3. The number of hydrogen-bond donors (Lipinski definition) is 2. The van der Waals surface area contributed by atoms with Crippen LogP contribution in [0.15, 0.2) is 84.9 Å². The number of nitrogens with zero attached hydrogens (tertiary/aromatic N) is 2. The van der Waals surface area contributed by atoms with Crippen LogP contribution in [0.1, 0.15) is 55.3 Å². The summed E-state index contributed by atoms with van der Waals surface area (Å²) in [6, 6.07) is 27.3. The lowest BCUT2D eigenvalue weighted by atomic mass is 9.96. The van der Waals surface area contributed by atoms with Gasteiger partial charge in [0.25, 0.3) is 11.8 Å². The Morgan fingerprint density at radius 2 is 1.00 bits per heavy atom. The molecule has 0 bridgehead atoms. The van der Waals surface area contributed by atoms with E-state index in [9.17, 15) is 9.59 Å². The number of carbonyl (C=O) groups excluding carboxylic acids is 2. The molecule has 4 aromatic rings. The molecule has 0 fully saturated rings. The van der Waals surface area contributed by atoms with Crippen molar-refractivity contribution in [2.75, 3.05) is 38.9 Å². The lowest BCUT2D eigenvalue weighted by Gasteiger charge is -2.36. The lowest BCUT2D eigenvalue weighted by Crippen LogP contribution is -2.40. The molecular formula is C33H32N4O4. The third-order valence-corrected chi connectivity index (χ3v) is 7.90. The van der Waals surface area contributed by atoms with Crippen LogP contribution in [0.3, 0.4) is 0 Å². The van der Waals surface area contributed by atoms with Crippen molar-refractivity contribution in [3.05, 3.63) is 118 Å². The van der Waals surface area contributed by atoms with Gasteiger partial charge < -0.3 is 29.9 Å². The molecule has 2 N–H and O–H groups in total. The minimum Gasteiger partial charge on any atom is -0.497 e. The molecular weight excluding hydrogens is 516 g/mol. The summed E-state index contributed by atoms with van der Waals surface area (Å²) >= 11 is 0. The molecule has 0 radical (unpaired) electrons. The maximum Gasteiger partial charge on any atom is 0.257 e. The van der Waals surface area contributed by atoms with Crippen LogP contribution in [0.2, 0.25) is 0 Å². The summed E-state index contributed by atoms with van der Waals surface area (Å²) in [4.78, 5) is 30.2. The molecule has 8 heteroatoms. The summed E-state index contributed by atoms with van der Waals surface area (Å²) in [5, 5.41) is 6.99. The second-order valence-electron chi connectivity index (χ2n) is 10.4. The quantitative estimate of drug-likeness (QED) is 0.322. The molecule has 2 unspecified atom stereocenters. The highest BCUT2D eigenvalue weighted by Gasteiger charge is 2.32. The van der Waals surface area contributed by atoms with E-state index in [1.54, 1.807) is 38.1 Å². The number of fused-ring (bicyclic) bond motifs is 2. The molecule has 4 aromatic carbocycles. The number of amides is 2. The molecule has 6 rings (SSSR count). The summed E-state index contributed by atoms with van der Waals surface area (Å²) in [5.41, 5.74) is 6.81. The molecule has 0 saturated carbocycles. The summed E-state index contributed by atoms with van der Waals surface area (Å²) in [6.07, 6.45) is 0.0486. The second-order valence-corrected chi connectivity index (χ2v) is 10.4. The highest BCUT2D eigenvalue weighted by Crippen LogP contribution is 2.36. The molecule has 0 aromatic heterocycles. The Balaban J connectivity index is 1.21. The van der Waals surface area contributed by atoms with Crippen molar-refractivity contribution in [2.45, 2.75) is 18.8 Å². The van der Waals surface area contributed by atoms with E-state index in [2.05, 4.69) is 10.6 Å². The number of methoxy groups -OCH3 is 2. The number of nitrogens with one attached hydrogen (secondary N) is 2. The second kappa shape index (κ2) is 10.5. The van der Waals surface area contributed by atoms with E-state index in [0.717, 1.165) is 45.1 Å². The SMILES string of the molecule is COc1ccc(C2Nc3ccc(Cc4ccc5c(c4)C(=O)N(C)C(c4ccc(OC)cc4)N5)cc3C(=O)N2C)cc1. The zero-order valence-corrected chi connectivity index (χ0v) is 23.5. The predicted molar refractivity (Wildman–Crippen MR) is 159 cm³/mol. The fourth-order valence-electron chi connectivity index (χ4n) is 5.53. The molecule has 8 nitrogen and oxygen atoms in total. The molecule has 2 heterocycles. The van der Waals surface area contributed by atoms with Gasteiger partial charge in [-0.2, -0.15) is 0 Å². The Bertz CT molecular complexity index is 1500.